The Morgan fingerprint density at radius 3 is 2.39 bits per heavy atom. The van der Waals surface area contributed by atoms with Gasteiger partial charge in [0.15, 0.2) is 11.5 Å². The Kier molecular flexibility index (Phi) is 6.36. The lowest BCUT2D eigenvalue weighted by atomic mass is 10.1. The van der Waals surface area contributed by atoms with Gasteiger partial charge >= 0.3 is 0 Å². The first-order valence-corrected chi connectivity index (χ1v) is 7.44. The SMILES string of the molecule is C=CCc1ccc(OCCOc2cccc(OC)c2)c(OC)c1. The predicted molar refractivity (Wildman–Crippen MR) is 90.9 cm³/mol. The summed E-state index contributed by atoms with van der Waals surface area (Å²) in [7, 11) is 3.26. The minimum Gasteiger partial charge on any atom is -0.497 e. The second kappa shape index (κ2) is 8.73. The van der Waals surface area contributed by atoms with E-state index in [1.807, 2.05) is 48.5 Å². The Hall–Kier alpha value is -2.62. The first-order valence-electron chi connectivity index (χ1n) is 7.44. The highest BCUT2D eigenvalue weighted by atomic mass is 16.5. The van der Waals surface area contributed by atoms with Crippen LogP contribution in [0.3, 0.4) is 0 Å². The van der Waals surface area contributed by atoms with Gasteiger partial charge in [-0.2, -0.15) is 0 Å². The highest BCUT2D eigenvalue weighted by molar-refractivity contribution is 5.43. The van der Waals surface area contributed by atoms with Crippen molar-refractivity contribution in [3.8, 4) is 23.0 Å². The lowest BCUT2D eigenvalue weighted by Gasteiger charge is -2.12. The number of rotatable bonds is 9. The molecule has 4 heteroatoms. The first-order chi connectivity index (χ1) is 11.3. The van der Waals surface area contributed by atoms with Crippen molar-refractivity contribution in [3.05, 3.63) is 60.7 Å². The number of ether oxygens (including phenoxy) is 4. The highest BCUT2D eigenvalue weighted by Crippen LogP contribution is 2.28. The van der Waals surface area contributed by atoms with E-state index in [1.165, 1.54) is 0 Å². The van der Waals surface area contributed by atoms with E-state index in [4.69, 9.17) is 18.9 Å². The fourth-order valence-electron chi connectivity index (χ4n) is 2.13. The van der Waals surface area contributed by atoms with Crippen LogP contribution in [-0.2, 0) is 6.42 Å². The summed E-state index contributed by atoms with van der Waals surface area (Å²) >= 11 is 0. The summed E-state index contributed by atoms with van der Waals surface area (Å²) in [6.07, 6.45) is 2.66. The van der Waals surface area contributed by atoms with Crippen molar-refractivity contribution < 1.29 is 18.9 Å². The van der Waals surface area contributed by atoms with Crippen LogP contribution in [0.1, 0.15) is 5.56 Å². The summed E-state index contributed by atoms with van der Waals surface area (Å²) in [5.74, 6) is 2.93. The zero-order valence-corrected chi connectivity index (χ0v) is 13.6. The van der Waals surface area contributed by atoms with E-state index in [1.54, 1.807) is 14.2 Å². The van der Waals surface area contributed by atoms with E-state index in [-0.39, 0.29) is 0 Å². The van der Waals surface area contributed by atoms with Gasteiger partial charge in [-0.25, -0.2) is 0 Å². The van der Waals surface area contributed by atoms with E-state index in [9.17, 15) is 0 Å². The average molecular weight is 314 g/mol. The van der Waals surface area contributed by atoms with Crippen LogP contribution in [0.4, 0.5) is 0 Å². The molecule has 0 heterocycles. The van der Waals surface area contributed by atoms with Crippen molar-refractivity contribution in [2.45, 2.75) is 6.42 Å². The van der Waals surface area contributed by atoms with Gasteiger partial charge in [0.05, 0.1) is 14.2 Å². The number of hydrogen-bond acceptors (Lipinski definition) is 4. The van der Waals surface area contributed by atoms with E-state index in [0.29, 0.717) is 24.7 Å². The molecule has 0 amide bonds. The normalized spacial score (nSPS) is 10.0. The van der Waals surface area contributed by atoms with Crippen molar-refractivity contribution in [1.82, 2.24) is 0 Å². The van der Waals surface area contributed by atoms with Crippen LogP contribution >= 0.6 is 0 Å². The zero-order valence-electron chi connectivity index (χ0n) is 13.6. The van der Waals surface area contributed by atoms with Gasteiger partial charge < -0.3 is 18.9 Å². The third-order valence-electron chi connectivity index (χ3n) is 3.26. The smallest absolute Gasteiger partial charge is 0.161 e. The van der Waals surface area contributed by atoms with E-state index in [0.717, 1.165) is 23.5 Å². The number of allylic oxidation sites excluding steroid dienone is 1. The third kappa shape index (κ3) is 4.95. The van der Waals surface area contributed by atoms with Crippen LogP contribution in [0, 0.1) is 0 Å². The molecule has 4 nitrogen and oxygen atoms in total. The van der Waals surface area contributed by atoms with Gasteiger partial charge in [-0.05, 0) is 36.2 Å². The highest BCUT2D eigenvalue weighted by Gasteiger charge is 2.05. The van der Waals surface area contributed by atoms with Crippen molar-refractivity contribution in [1.29, 1.82) is 0 Å². The average Bonchev–Trinajstić information content (AvgIpc) is 2.60. The van der Waals surface area contributed by atoms with Crippen LogP contribution in [0.2, 0.25) is 0 Å². The van der Waals surface area contributed by atoms with E-state index < -0.39 is 0 Å². The summed E-state index contributed by atoms with van der Waals surface area (Å²) in [5.41, 5.74) is 1.14. The summed E-state index contributed by atoms with van der Waals surface area (Å²) < 4.78 is 21.9. The molecule has 0 fully saturated rings. The largest absolute Gasteiger partial charge is 0.497 e. The summed E-state index contributed by atoms with van der Waals surface area (Å²) in [6.45, 7) is 4.60. The molecule has 0 aliphatic rings. The fourth-order valence-corrected chi connectivity index (χ4v) is 2.13. The molecule has 0 aliphatic heterocycles. The van der Waals surface area contributed by atoms with Crippen LogP contribution in [0.15, 0.2) is 55.1 Å². The Bertz CT molecular complexity index is 637. The molecular weight excluding hydrogens is 292 g/mol. The molecule has 0 aliphatic carbocycles. The molecule has 122 valence electrons. The molecule has 0 atom stereocenters. The van der Waals surface area contributed by atoms with Gasteiger partial charge in [0, 0.05) is 6.07 Å². The maximum atomic E-state index is 5.73. The van der Waals surface area contributed by atoms with Crippen molar-refractivity contribution >= 4 is 0 Å². The Morgan fingerprint density at radius 2 is 1.65 bits per heavy atom. The molecule has 2 aromatic rings. The Labute approximate surface area is 137 Å². The van der Waals surface area contributed by atoms with Crippen molar-refractivity contribution in [2.75, 3.05) is 27.4 Å². The van der Waals surface area contributed by atoms with Crippen LogP contribution in [-0.4, -0.2) is 27.4 Å². The number of hydrogen-bond donors (Lipinski definition) is 0. The first kappa shape index (κ1) is 16.7. The van der Waals surface area contributed by atoms with Crippen LogP contribution in [0.25, 0.3) is 0 Å². The van der Waals surface area contributed by atoms with Crippen LogP contribution < -0.4 is 18.9 Å². The molecule has 2 aromatic carbocycles. The van der Waals surface area contributed by atoms with Gasteiger partial charge in [0.25, 0.3) is 0 Å². The van der Waals surface area contributed by atoms with Crippen molar-refractivity contribution in [2.24, 2.45) is 0 Å². The lowest BCUT2D eigenvalue weighted by molar-refractivity contribution is 0.211. The quantitative estimate of drug-likeness (QED) is 0.520. The molecule has 0 saturated heterocycles. The molecule has 23 heavy (non-hydrogen) atoms. The standard InChI is InChI=1S/C19H22O4/c1-4-6-15-9-10-18(19(13-15)21-3)23-12-11-22-17-8-5-7-16(14-17)20-2/h4-5,7-10,13-14H,1,6,11-12H2,2-3H3. The summed E-state index contributed by atoms with van der Waals surface area (Å²) in [6, 6.07) is 13.3. The second-order valence-electron chi connectivity index (χ2n) is 4.85. The molecule has 0 saturated carbocycles. The Morgan fingerprint density at radius 1 is 0.870 bits per heavy atom. The molecule has 0 unspecified atom stereocenters. The minimum absolute atomic E-state index is 0.425. The molecule has 0 aromatic heterocycles. The minimum atomic E-state index is 0.425. The lowest BCUT2D eigenvalue weighted by Crippen LogP contribution is -2.09. The molecule has 2 rings (SSSR count). The zero-order chi connectivity index (χ0) is 16.5. The second-order valence-corrected chi connectivity index (χ2v) is 4.85. The topological polar surface area (TPSA) is 36.9 Å². The molecule has 0 N–H and O–H groups in total. The fraction of sp³-hybridized carbons (Fsp3) is 0.263. The molecule has 0 radical (unpaired) electrons. The molecular formula is C19H22O4. The van der Waals surface area contributed by atoms with Gasteiger partial charge in [0.2, 0.25) is 0 Å². The van der Waals surface area contributed by atoms with Crippen molar-refractivity contribution in [3.63, 3.8) is 0 Å². The third-order valence-corrected chi connectivity index (χ3v) is 3.26. The Balaban J connectivity index is 1.87. The molecule has 0 bridgehead atoms. The number of benzene rings is 2. The van der Waals surface area contributed by atoms with Gasteiger partial charge in [-0.1, -0.05) is 18.2 Å². The van der Waals surface area contributed by atoms with Gasteiger partial charge in [0.1, 0.15) is 24.7 Å². The monoisotopic (exact) mass is 314 g/mol. The predicted octanol–water partition coefficient (Wildman–Crippen LogP) is 3.89. The van der Waals surface area contributed by atoms with Gasteiger partial charge in [-0.15, -0.1) is 6.58 Å². The number of methoxy groups -OCH3 is 2. The maximum absolute atomic E-state index is 5.73. The summed E-state index contributed by atoms with van der Waals surface area (Å²) in [4.78, 5) is 0. The summed E-state index contributed by atoms with van der Waals surface area (Å²) in [5, 5.41) is 0. The van der Waals surface area contributed by atoms with E-state index in [2.05, 4.69) is 6.58 Å². The van der Waals surface area contributed by atoms with Gasteiger partial charge in [-0.3, -0.25) is 0 Å². The molecule has 0 spiro atoms. The van der Waals surface area contributed by atoms with E-state index >= 15 is 0 Å². The maximum Gasteiger partial charge on any atom is 0.161 e. The van der Waals surface area contributed by atoms with Crippen LogP contribution in [0.5, 0.6) is 23.0 Å².